The number of nitrogens with zero attached hydrogens (tertiary/aromatic N) is 2. The number of aromatic nitrogens is 2. The highest BCUT2D eigenvalue weighted by Crippen LogP contribution is 2.33. The Labute approximate surface area is 189 Å². The number of hydrogen-bond donors (Lipinski definition) is 0. The van der Waals surface area contributed by atoms with E-state index in [0.29, 0.717) is 0 Å². The van der Waals surface area contributed by atoms with E-state index < -0.39 is 0 Å². The van der Waals surface area contributed by atoms with Gasteiger partial charge in [-0.05, 0) is 45.1 Å². The van der Waals surface area contributed by atoms with Gasteiger partial charge in [-0.2, -0.15) is 0 Å². The summed E-state index contributed by atoms with van der Waals surface area (Å²) in [4.78, 5) is 8.74. The Balaban J connectivity index is 0. The maximum absolute atomic E-state index is 4.52. The van der Waals surface area contributed by atoms with Crippen LogP contribution in [0.15, 0.2) is 36.8 Å². The summed E-state index contributed by atoms with van der Waals surface area (Å²) in [5, 5.41) is 0. The molecule has 0 fully saturated rings. The van der Waals surface area contributed by atoms with Gasteiger partial charge in [-0.25, -0.2) is 0 Å². The van der Waals surface area contributed by atoms with E-state index in [4.69, 9.17) is 0 Å². The van der Waals surface area contributed by atoms with Crippen molar-refractivity contribution in [2.75, 3.05) is 0 Å². The second kappa shape index (κ2) is 10.6. The summed E-state index contributed by atoms with van der Waals surface area (Å²) in [6.07, 6.45) is 5.77. The van der Waals surface area contributed by atoms with Crippen LogP contribution in [0.2, 0.25) is 0 Å². The summed E-state index contributed by atoms with van der Waals surface area (Å²) in [6.45, 7) is 26.8. The first-order valence-electron chi connectivity index (χ1n) is 10.4. The monoisotopic (exact) mass is 414 g/mol. The molecule has 0 atom stereocenters. The molecule has 0 aliphatic heterocycles. The topological polar surface area (TPSA) is 25.8 Å². The highest BCUT2D eigenvalue weighted by molar-refractivity contribution is 5.35. The van der Waals surface area contributed by atoms with Gasteiger partial charge in [-0.15, -0.1) is 0 Å². The van der Waals surface area contributed by atoms with Crippen molar-refractivity contribution in [2.45, 2.75) is 120 Å². The minimum Gasteiger partial charge on any atom is -0.264 e. The summed E-state index contributed by atoms with van der Waals surface area (Å²) in [6, 6.07) is 6.35. The SMILES string of the molecule is C.C.CC(C)(C)c1cccnc1C(C)(C)C.CC(C)(C)c1ccncc1C(C)(C)C. The molecule has 172 valence electrons. The van der Waals surface area contributed by atoms with Crippen molar-refractivity contribution in [3.63, 3.8) is 0 Å². The van der Waals surface area contributed by atoms with Crippen molar-refractivity contribution in [1.29, 1.82) is 0 Å². The van der Waals surface area contributed by atoms with Crippen molar-refractivity contribution in [2.24, 2.45) is 0 Å². The van der Waals surface area contributed by atoms with E-state index in [0.717, 1.165) is 0 Å². The highest BCUT2D eigenvalue weighted by Gasteiger charge is 2.26. The quantitative estimate of drug-likeness (QED) is 0.431. The van der Waals surface area contributed by atoms with E-state index in [-0.39, 0.29) is 36.5 Å². The van der Waals surface area contributed by atoms with E-state index in [9.17, 15) is 0 Å². The molecule has 2 heterocycles. The molecular weight excluding hydrogens is 364 g/mol. The minimum atomic E-state index is 0. The average molecular weight is 415 g/mol. The first-order valence-corrected chi connectivity index (χ1v) is 10.4. The third kappa shape index (κ3) is 8.58. The fourth-order valence-corrected chi connectivity index (χ4v) is 3.25. The Morgan fingerprint density at radius 1 is 0.533 bits per heavy atom. The van der Waals surface area contributed by atoms with Crippen LogP contribution in [0.4, 0.5) is 0 Å². The van der Waals surface area contributed by atoms with Crippen LogP contribution in [0.1, 0.15) is 120 Å². The van der Waals surface area contributed by atoms with Crippen LogP contribution in [0.5, 0.6) is 0 Å². The third-order valence-electron chi connectivity index (χ3n) is 4.76. The lowest BCUT2D eigenvalue weighted by atomic mass is 9.76. The lowest BCUT2D eigenvalue weighted by Crippen LogP contribution is -2.23. The molecule has 0 aromatic carbocycles. The highest BCUT2D eigenvalue weighted by atomic mass is 14.7. The molecular formula is C28H50N2. The Kier molecular flexibility index (Phi) is 10.7. The van der Waals surface area contributed by atoms with Crippen molar-refractivity contribution >= 4 is 0 Å². The normalized spacial score (nSPS) is 12.1. The molecule has 2 nitrogen and oxygen atoms in total. The molecule has 0 aliphatic carbocycles. The molecule has 0 bridgehead atoms. The van der Waals surface area contributed by atoms with E-state index in [1.54, 1.807) is 0 Å². The number of hydrogen-bond acceptors (Lipinski definition) is 2. The predicted octanol–water partition coefficient (Wildman–Crippen LogP) is 8.63. The fraction of sp³-hybridized carbons (Fsp3) is 0.643. The van der Waals surface area contributed by atoms with Gasteiger partial charge in [0.2, 0.25) is 0 Å². The van der Waals surface area contributed by atoms with Gasteiger partial charge < -0.3 is 0 Å². The smallest absolute Gasteiger partial charge is 0.0494 e. The first kappa shape index (κ1) is 30.5. The fourth-order valence-electron chi connectivity index (χ4n) is 3.25. The molecule has 2 rings (SSSR count). The zero-order chi connectivity index (χ0) is 22.0. The van der Waals surface area contributed by atoms with Gasteiger partial charge in [0.05, 0.1) is 0 Å². The summed E-state index contributed by atoms with van der Waals surface area (Å²) >= 11 is 0. The molecule has 0 amide bonds. The summed E-state index contributed by atoms with van der Waals surface area (Å²) in [5.74, 6) is 0. The summed E-state index contributed by atoms with van der Waals surface area (Å²) < 4.78 is 0. The van der Waals surface area contributed by atoms with Gasteiger partial charge in [0, 0.05) is 29.7 Å². The largest absolute Gasteiger partial charge is 0.264 e. The second-order valence-electron chi connectivity index (χ2n) is 11.8. The Hall–Kier alpha value is -1.70. The van der Waals surface area contributed by atoms with E-state index >= 15 is 0 Å². The Morgan fingerprint density at radius 3 is 1.33 bits per heavy atom. The predicted molar refractivity (Wildman–Crippen MR) is 137 cm³/mol. The standard InChI is InChI=1S/2C13H21N.2CH4/c1-12(2,3)10-7-8-14-9-11(10)13(4,5)6;1-12(2,3)10-8-7-9-14-11(10)13(4,5)6;;/h2*7-9H,1-6H3;2*1H4. The Bertz CT molecular complexity index is 627. The molecule has 0 N–H and O–H groups in total. The molecule has 0 spiro atoms. The van der Waals surface area contributed by atoms with Crippen molar-refractivity contribution in [3.8, 4) is 0 Å². The van der Waals surface area contributed by atoms with E-state index in [1.165, 1.54) is 22.4 Å². The average Bonchev–Trinajstić information content (AvgIpc) is 2.52. The van der Waals surface area contributed by atoms with Crippen LogP contribution in [-0.4, -0.2) is 9.97 Å². The maximum Gasteiger partial charge on any atom is 0.0494 e. The van der Waals surface area contributed by atoms with Crippen LogP contribution >= 0.6 is 0 Å². The Morgan fingerprint density at radius 2 is 1.00 bits per heavy atom. The lowest BCUT2D eigenvalue weighted by Gasteiger charge is -2.29. The van der Waals surface area contributed by atoms with Crippen molar-refractivity contribution in [1.82, 2.24) is 9.97 Å². The second-order valence-corrected chi connectivity index (χ2v) is 11.8. The lowest BCUT2D eigenvalue weighted by molar-refractivity contribution is 0.514. The zero-order valence-electron chi connectivity index (χ0n) is 20.4. The third-order valence-corrected chi connectivity index (χ3v) is 4.76. The molecule has 0 aliphatic rings. The number of rotatable bonds is 0. The van der Waals surface area contributed by atoms with Crippen molar-refractivity contribution < 1.29 is 0 Å². The van der Waals surface area contributed by atoms with Gasteiger partial charge in [0.1, 0.15) is 0 Å². The van der Waals surface area contributed by atoms with Gasteiger partial charge in [-0.3, -0.25) is 9.97 Å². The zero-order valence-corrected chi connectivity index (χ0v) is 20.4. The molecule has 0 saturated carbocycles. The summed E-state index contributed by atoms with van der Waals surface area (Å²) in [5.41, 5.74) is 6.01. The van der Waals surface area contributed by atoms with E-state index in [1.807, 2.05) is 24.7 Å². The van der Waals surface area contributed by atoms with Crippen LogP contribution < -0.4 is 0 Å². The van der Waals surface area contributed by atoms with Crippen molar-refractivity contribution in [3.05, 3.63) is 59.2 Å². The van der Waals surface area contributed by atoms with Gasteiger partial charge in [0.15, 0.2) is 0 Å². The molecule has 2 aromatic heterocycles. The van der Waals surface area contributed by atoms with Gasteiger partial charge in [-0.1, -0.05) is 104 Å². The summed E-state index contributed by atoms with van der Waals surface area (Å²) in [7, 11) is 0. The van der Waals surface area contributed by atoms with Crippen LogP contribution in [0.25, 0.3) is 0 Å². The van der Waals surface area contributed by atoms with E-state index in [2.05, 4.69) is 105 Å². The minimum absolute atomic E-state index is 0. The van der Waals surface area contributed by atoms with Gasteiger partial charge in [0.25, 0.3) is 0 Å². The van der Waals surface area contributed by atoms with Crippen LogP contribution in [-0.2, 0) is 21.7 Å². The first-order chi connectivity index (χ1) is 12.5. The molecule has 0 radical (unpaired) electrons. The molecule has 0 saturated heterocycles. The molecule has 30 heavy (non-hydrogen) atoms. The molecule has 2 aromatic rings. The maximum atomic E-state index is 4.52. The molecule has 0 unspecified atom stereocenters. The number of pyridine rings is 2. The molecule has 2 heteroatoms. The van der Waals surface area contributed by atoms with Crippen LogP contribution in [0.3, 0.4) is 0 Å². The van der Waals surface area contributed by atoms with Crippen LogP contribution in [0, 0.1) is 0 Å². The van der Waals surface area contributed by atoms with Gasteiger partial charge >= 0.3 is 0 Å².